The van der Waals surface area contributed by atoms with Crippen molar-refractivity contribution >= 4 is 18.7 Å². The molecule has 1 aromatic carbocycles. The Bertz CT molecular complexity index is 281. The molecule has 0 aromatic heterocycles. The van der Waals surface area contributed by atoms with Gasteiger partial charge in [-0.3, -0.25) is 0 Å². The average Bonchev–Trinajstić information content (AvgIpc) is 2.19. The molecule has 0 atom stereocenters. The summed E-state index contributed by atoms with van der Waals surface area (Å²) >= 11 is 4.20. The highest BCUT2D eigenvalue weighted by Gasteiger charge is 1.89. The Morgan fingerprint density at radius 1 is 1.38 bits per heavy atom. The first-order chi connectivity index (χ1) is 6.36. The molecule has 0 saturated carbocycles. The lowest BCUT2D eigenvalue weighted by atomic mass is 10.1. The van der Waals surface area contributed by atoms with E-state index in [-0.39, 0.29) is 6.61 Å². The third kappa shape index (κ3) is 3.66. The molecular formula is C11H14OS. The van der Waals surface area contributed by atoms with Crippen molar-refractivity contribution in [2.45, 2.75) is 12.2 Å². The van der Waals surface area contributed by atoms with E-state index >= 15 is 0 Å². The normalized spacial score (nSPS) is 10.9. The maximum atomic E-state index is 8.58. The highest BCUT2D eigenvalue weighted by atomic mass is 32.1. The number of aliphatic hydroxyl groups is 1. The Balaban J connectivity index is 2.66. The predicted molar refractivity (Wildman–Crippen MR) is 59.9 cm³/mol. The molecule has 0 aliphatic rings. The fraction of sp³-hybridized carbons (Fsp3) is 0.273. The molecule has 13 heavy (non-hydrogen) atoms. The monoisotopic (exact) mass is 194 g/mol. The van der Waals surface area contributed by atoms with Gasteiger partial charge >= 0.3 is 0 Å². The molecule has 0 saturated heterocycles. The van der Waals surface area contributed by atoms with Crippen LogP contribution in [0.15, 0.2) is 30.3 Å². The molecule has 0 spiro atoms. The minimum Gasteiger partial charge on any atom is -0.396 e. The molecule has 1 N–H and O–H groups in total. The van der Waals surface area contributed by atoms with E-state index in [2.05, 4.69) is 24.8 Å². The third-order valence-electron chi connectivity index (χ3n) is 1.74. The maximum Gasteiger partial charge on any atom is 0.0465 e. The Morgan fingerprint density at radius 3 is 2.92 bits per heavy atom. The zero-order valence-electron chi connectivity index (χ0n) is 7.48. The third-order valence-corrected chi connectivity index (χ3v) is 2.10. The summed E-state index contributed by atoms with van der Waals surface area (Å²) in [5.74, 6) is 0.766. The second-order valence-electron chi connectivity index (χ2n) is 2.82. The second kappa shape index (κ2) is 5.84. The van der Waals surface area contributed by atoms with E-state index in [0.29, 0.717) is 6.42 Å². The Morgan fingerprint density at radius 2 is 2.23 bits per heavy atom. The van der Waals surface area contributed by atoms with Gasteiger partial charge in [0.25, 0.3) is 0 Å². The average molecular weight is 194 g/mol. The van der Waals surface area contributed by atoms with Crippen LogP contribution in [-0.2, 0) is 5.75 Å². The molecule has 0 fully saturated rings. The quantitative estimate of drug-likeness (QED) is 0.706. The number of rotatable bonds is 4. The fourth-order valence-corrected chi connectivity index (χ4v) is 1.29. The first-order valence-corrected chi connectivity index (χ1v) is 4.97. The van der Waals surface area contributed by atoms with Crippen LogP contribution >= 0.6 is 12.6 Å². The van der Waals surface area contributed by atoms with Gasteiger partial charge in [0.1, 0.15) is 0 Å². The van der Waals surface area contributed by atoms with Gasteiger partial charge in [0.15, 0.2) is 0 Å². The van der Waals surface area contributed by atoms with E-state index in [4.69, 9.17) is 5.11 Å². The van der Waals surface area contributed by atoms with Crippen molar-refractivity contribution in [2.75, 3.05) is 6.61 Å². The standard InChI is InChI=1S/C11H14OS/c12-7-2-1-4-10-5-3-6-11(8-10)9-13/h1,3-6,8,12-13H,2,7,9H2. The summed E-state index contributed by atoms with van der Waals surface area (Å²) in [7, 11) is 0. The summed E-state index contributed by atoms with van der Waals surface area (Å²) < 4.78 is 0. The van der Waals surface area contributed by atoms with Crippen molar-refractivity contribution in [2.24, 2.45) is 0 Å². The van der Waals surface area contributed by atoms with Crippen LogP contribution in [0.1, 0.15) is 17.5 Å². The van der Waals surface area contributed by atoms with E-state index in [1.165, 1.54) is 11.1 Å². The minimum absolute atomic E-state index is 0.211. The van der Waals surface area contributed by atoms with Crippen molar-refractivity contribution in [1.29, 1.82) is 0 Å². The van der Waals surface area contributed by atoms with E-state index in [1.807, 2.05) is 24.3 Å². The summed E-state index contributed by atoms with van der Waals surface area (Å²) in [4.78, 5) is 0. The van der Waals surface area contributed by atoms with Crippen molar-refractivity contribution in [3.8, 4) is 0 Å². The molecule has 0 heterocycles. The van der Waals surface area contributed by atoms with Crippen LogP contribution in [-0.4, -0.2) is 11.7 Å². The SMILES string of the molecule is OCCC=Cc1cccc(CS)c1. The van der Waals surface area contributed by atoms with Crippen LogP contribution in [0.3, 0.4) is 0 Å². The summed E-state index contributed by atoms with van der Waals surface area (Å²) in [5, 5.41) is 8.58. The van der Waals surface area contributed by atoms with Gasteiger partial charge in [-0.1, -0.05) is 36.4 Å². The van der Waals surface area contributed by atoms with Crippen LogP contribution in [0.25, 0.3) is 6.08 Å². The van der Waals surface area contributed by atoms with Gasteiger partial charge < -0.3 is 5.11 Å². The van der Waals surface area contributed by atoms with Crippen LogP contribution in [0, 0.1) is 0 Å². The lowest BCUT2D eigenvalue weighted by Gasteiger charge is -1.97. The second-order valence-corrected chi connectivity index (χ2v) is 3.13. The maximum absolute atomic E-state index is 8.58. The summed E-state index contributed by atoms with van der Waals surface area (Å²) in [6.07, 6.45) is 4.70. The molecular weight excluding hydrogens is 180 g/mol. The number of benzene rings is 1. The van der Waals surface area contributed by atoms with Gasteiger partial charge in [-0.15, -0.1) is 0 Å². The van der Waals surface area contributed by atoms with Crippen LogP contribution in [0.2, 0.25) is 0 Å². The number of hydrogen-bond acceptors (Lipinski definition) is 2. The van der Waals surface area contributed by atoms with Gasteiger partial charge in [0.05, 0.1) is 0 Å². The molecule has 1 aromatic rings. The molecule has 0 aliphatic carbocycles. The fourth-order valence-electron chi connectivity index (χ4n) is 1.09. The minimum atomic E-state index is 0.211. The first kappa shape index (κ1) is 10.4. The summed E-state index contributed by atoms with van der Waals surface area (Å²) in [6, 6.07) is 8.21. The van der Waals surface area contributed by atoms with E-state index in [1.54, 1.807) is 0 Å². The van der Waals surface area contributed by atoms with Crippen molar-refractivity contribution in [3.05, 3.63) is 41.5 Å². The zero-order chi connectivity index (χ0) is 9.52. The van der Waals surface area contributed by atoms with Gasteiger partial charge in [0, 0.05) is 12.4 Å². The van der Waals surface area contributed by atoms with Crippen LogP contribution < -0.4 is 0 Å². The zero-order valence-corrected chi connectivity index (χ0v) is 8.37. The first-order valence-electron chi connectivity index (χ1n) is 4.34. The Kier molecular flexibility index (Phi) is 4.65. The van der Waals surface area contributed by atoms with E-state index in [0.717, 1.165) is 5.75 Å². The van der Waals surface area contributed by atoms with E-state index in [9.17, 15) is 0 Å². The highest BCUT2D eigenvalue weighted by molar-refractivity contribution is 7.79. The number of aliphatic hydroxyl groups excluding tert-OH is 1. The summed E-state index contributed by atoms with van der Waals surface area (Å²) in [6.45, 7) is 0.211. The van der Waals surface area contributed by atoms with Crippen LogP contribution in [0.4, 0.5) is 0 Å². The summed E-state index contributed by atoms with van der Waals surface area (Å²) in [5.41, 5.74) is 2.38. The molecule has 0 amide bonds. The van der Waals surface area contributed by atoms with Crippen LogP contribution in [0.5, 0.6) is 0 Å². The Labute approximate surface area is 84.5 Å². The molecule has 0 bridgehead atoms. The molecule has 0 unspecified atom stereocenters. The predicted octanol–water partition coefficient (Wildman–Crippen LogP) is 2.51. The van der Waals surface area contributed by atoms with E-state index < -0.39 is 0 Å². The molecule has 2 heteroatoms. The molecule has 70 valence electrons. The van der Waals surface area contributed by atoms with Gasteiger partial charge in [-0.05, 0) is 17.5 Å². The van der Waals surface area contributed by atoms with Crippen molar-refractivity contribution < 1.29 is 5.11 Å². The van der Waals surface area contributed by atoms with Crippen molar-refractivity contribution in [1.82, 2.24) is 0 Å². The topological polar surface area (TPSA) is 20.2 Å². The van der Waals surface area contributed by atoms with Crippen molar-refractivity contribution in [3.63, 3.8) is 0 Å². The highest BCUT2D eigenvalue weighted by Crippen LogP contribution is 2.09. The van der Waals surface area contributed by atoms with Gasteiger partial charge in [-0.25, -0.2) is 0 Å². The number of thiol groups is 1. The molecule has 0 radical (unpaired) electrons. The lowest BCUT2D eigenvalue weighted by Crippen LogP contribution is -1.79. The van der Waals surface area contributed by atoms with Gasteiger partial charge in [0.2, 0.25) is 0 Å². The largest absolute Gasteiger partial charge is 0.396 e. The molecule has 1 rings (SSSR count). The molecule has 0 aliphatic heterocycles. The smallest absolute Gasteiger partial charge is 0.0465 e. The number of hydrogen-bond donors (Lipinski definition) is 2. The lowest BCUT2D eigenvalue weighted by molar-refractivity contribution is 0.303. The van der Waals surface area contributed by atoms with Gasteiger partial charge in [-0.2, -0.15) is 12.6 Å². The molecule has 1 nitrogen and oxygen atoms in total. The Hall–Kier alpha value is -0.730.